The molecule has 2 aromatic rings. The molecule has 1 atom stereocenters. The molecule has 0 spiro atoms. The summed E-state index contributed by atoms with van der Waals surface area (Å²) >= 11 is 1.64. The minimum atomic E-state index is -0.565. The molecule has 2 rings (SSSR count). The zero-order valence-corrected chi connectivity index (χ0v) is 17.9. The average molecular weight is 377 g/mol. The number of carbonyl (C=O) groups is 1. The Morgan fingerprint density at radius 2 is 1.74 bits per heavy atom. The summed E-state index contributed by atoms with van der Waals surface area (Å²) in [5.74, 6) is 0.725. The zero-order valence-electron chi connectivity index (χ0n) is 17.1. The summed E-state index contributed by atoms with van der Waals surface area (Å²) in [4.78, 5) is 12.8. The van der Waals surface area contributed by atoms with E-state index in [0.29, 0.717) is 13.0 Å². The van der Waals surface area contributed by atoms with Gasteiger partial charge in [-0.05, 0) is 43.9 Å². The molecule has 3 nitrogen and oxygen atoms in total. The number of ether oxygens (including phenoxy) is 1. The zero-order chi connectivity index (χ0) is 19.0. The van der Waals surface area contributed by atoms with E-state index in [-0.39, 0.29) is 30.8 Å². The molecule has 0 unspecified atom stereocenters. The summed E-state index contributed by atoms with van der Waals surface area (Å²) < 4.78 is 4.72. The third-order valence-electron chi connectivity index (χ3n) is 4.34. The second-order valence-electron chi connectivity index (χ2n) is 6.96. The van der Waals surface area contributed by atoms with Crippen LogP contribution in [0, 0.1) is 6.92 Å². The molecule has 2 aromatic carbocycles. The SMILES string of the molecule is COC[C@H](Cc1ccccc1)[N-]C(=O)C(C)(C)SCc1ccccc1C.[Li+]. The Morgan fingerprint density at radius 1 is 1.11 bits per heavy atom. The molecule has 1 amide bonds. The number of rotatable bonds is 9. The Bertz CT molecular complexity index is 706. The van der Waals surface area contributed by atoms with Crippen LogP contribution in [0.5, 0.6) is 0 Å². The molecule has 0 aromatic heterocycles. The van der Waals surface area contributed by atoms with Gasteiger partial charge in [0.2, 0.25) is 0 Å². The van der Waals surface area contributed by atoms with Gasteiger partial charge in [-0.1, -0.05) is 60.6 Å². The minimum Gasteiger partial charge on any atom is -0.647 e. The Labute approximate surface area is 179 Å². The molecule has 0 saturated heterocycles. The van der Waals surface area contributed by atoms with Gasteiger partial charge in [-0.15, -0.1) is 11.8 Å². The van der Waals surface area contributed by atoms with Gasteiger partial charge in [0, 0.05) is 19.5 Å². The van der Waals surface area contributed by atoms with Crippen molar-refractivity contribution in [1.82, 2.24) is 0 Å². The van der Waals surface area contributed by atoms with Crippen molar-refractivity contribution in [2.75, 3.05) is 13.7 Å². The molecular weight excluding hydrogens is 349 g/mol. The largest absolute Gasteiger partial charge is 1.00 e. The van der Waals surface area contributed by atoms with Crippen LogP contribution < -0.4 is 18.9 Å². The summed E-state index contributed by atoms with van der Waals surface area (Å²) in [5, 5.41) is 4.48. The van der Waals surface area contributed by atoms with E-state index in [0.717, 1.165) is 11.3 Å². The van der Waals surface area contributed by atoms with Gasteiger partial charge in [-0.2, -0.15) is 0 Å². The van der Waals surface area contributed by atoms with Gasteiger partial charge >= 0.3 is 18.9 Å². The molecular formula is C22H28LiNO2S. The molecule has 0 N–H and O–H groups in total. The van der Waals surface area contributed by atoms with Gasteiger partial charge in [0.1, 0.15) is 0 Å². The molecule has 0 heterocycles. The van der Waals surface area contributed by atoms with Gasteiger partial charge < -0.3 is 14.8 Å². The van der Waals surface area contributed by atoms with E-state index in [9.17, 15) is 4.79 Å². The maximum atomic E-state index is 12.8. The monoisotopic (exact) mass is 377 g/mol. The van der Waals surface area contributed by atoms with E-state index >= 15 is 0 Å². The summed E-state index contributed by atoms with van der Waals surface area (Å²) in [7, 11) is 1.65. The van der Waals surface area contributed by atoms with Crippen LogP contribution in [0.1, 0.15) is 30.5 Å². The van der Waals surface area contributed by atoms with E-state index in [1.807, 2.05) is 44.2 Å². The van der Waals surface area contributed by atoms with Crippen molar-refractivity contribution in [3.05, 3.63) is 76.6 Å². The maximum Gasteiger partial charge on any atom is 1.00 e. The van der Waals surface area contributed by atoms with Crippen LogP contribution in [-0.2, 0) is 21.7 Å². The fourth-order valence-electron chi connectivity index (χ4n) is 2.63. The number of thioether (sulfide) groups is 1. The number of aryl methyl sites for hydroxylation is 1. The number of hydrogen-bond acceptors (Lipinski definition) is 3. The van der Waals surface area contributed by atoms with Crippen molar-refractivity contribution in [3.8, 4) is 0 Å². The van der Waals surface area contributed by atoms with Gasteiger partial charge in [-0.3, -0.25) is 0 Å². The second kappa shape index (κ2) is 11.6. The third kappa shape index (κ3) is 7.76. The smallest absolute Gasteiger partial charge is 0.647 e. The van der Waals surface area contributed by atoms with E-state index in [1.165, 1.54) is 11.1 Å². The molecule has 5 heteroatoms. The van der Waals surface area contributed by atoms with E-state index in [4.69, 9.17) is 4.74 Å². The molecule has 140 valence electrons. The first-order valence-corrected chi connectivity index (χ1v) is 9.87. The van der Waals surface area contributed by atoms with Crippen LogP contribution in [0.25, 0.3) is 5.32 Å². The Hall–Kier alpha value is -1.18. The van der Waals surface area contributed by atoms with Crippen LogP contribution in [0.15, 0.2) is 54.6 Å². The molecule has 0 saturated carbocycles. The molecule has 27 heavy (non-hydrogen) atoms. The van der Waals surface area contributed by atoms with Crippen LogP contribution in [0.3, 0.4) is 0 Å². The predicted octanol–water partition coefficient (Wildman–Crippen LogP) is 2.17. The van der Waals surface area contributed by atoms with E-state index in [1.54, 1.807) is 18.9 Å². The van der Waals surface area contributed by atoms with Crippen LogP contribution in [-0.4, -0.2) is 30.4 Å². The Morgan fingerprint density at radius 3 is 2.37 bits per heavy atom. The summed E-state index contributed by atoms with van der Waals surface area (Å²) in [6, 6.07) is 18.2. The van der Waals surface area contributed by atoms with Gasteiger partial charge in [0.05, 0.1) is 10.7 Å². The Balaban J connectivity index is 0.00000364. The van der Waals surface area contributed by atoms with Crippen molar-refractivity contribution >= 4 is 17.7 Å². The van der Waals surface area contributed by atoms with Crippen molar-refractivity contribution < 1.29 is 28.4 Å². The summed E-state index contributed by atoms with van der Waals surface area (Å²) in [6.07, 6.45) is 0.707. The quantitative estimate of drug-likeness (QED) is 0.629. The second-order valence-corrected chi connectivity index (χ2v) is 8.56. The first-order chi connectivity index (χ1) is 12.4. The van der Waals surface area contributed by atoms with Gasteiger partial charge in [0.15, 0.2) is 0 Å². The minimum absolute atomic E-state index is 0. The fourth-order valence-corrected chi connectivity index (χ4v) is 3.65. The molecule has 0 radical (unpaired) electrons. The van der Waals surface area contributed by atoms with Crippen molar-refractivity contribution in [3.63, 3.8) is 0 Å². The first-order valence-electron chi connectivity index (χ1n) is 8.89. The normalized spacial score (nSPS) is 12.1. The molecule has 0 aliphatic rings. The number of benzene rings is 2. The molecule has 0 bridgehead atoms. The maximum absolute atomic E-state index is 12.8. The predicted molar refractivity (Wildman–Crippen MR) is 111 cm³/mol. The van der Waals surface area contributed by atoms with Crippen molar-refractivity contribution in [2.24, 2.45) is 0 Å². The van der Waals surface area contributed by atoms with Crippen LogP contribution >= 0.6 is 11.8 Å². The standard InChI is InChI=1S/C22H29NO2S.Li/c1-17-10-8-9-13-19(17)16-26-22(2,3)21(24)23-20(15-25-4)14-18-11-6-5-7-12-18;/h5-13,20H,14-16H2,1-4H3,(H,23,24);/q;+1/p-1/t20-;/m0./s1. The molecule has 0 fully saturated rings. The topological polar surface area (TPSA) is 40.4 Å². The fraction of sp³-hybridized carbons (Fsp3) is 0.409. The van der Waals surface area contributed by atoms with E-state index < -0.39 is 4.75 Å². The number of nitrogens with zero attached hydrogens (tertiary/aromatic N) is 1. The van der Waals surface area contributed by atoms with Crippen molar-refractivity contribution in [1.29, 1.82) is 0 Å². The number of carbonyl (C=O) groups excluding carboxylic acids is 1. The average Bonchev–Trinajstić information content (AvgIpc) is 2.62. The summed E-state index contributed by atoms with van der Waals surface area (Å²) in [6.45, 7) is 6.45. The van der Waals surface area contributed by atoms with Crippen LogP contribution in [0.2, 0.25) is 0 Å². The number of hydrogen-bond donors (Lipinski definition) is 0. The molecule has 0 aliphatic carbocycles. The van der Waals surface area contributed by atoms with E-state index in [2.05, 4.69) is 36.5 Å². The van der Waals surface area contributed by atoms with Crippen molar-refractivity contribution in [2.45, 2.75) is 43.7 Å². The summed E-state index contributed by atoms with van der Waals surface area (Å²) in [5.41, 5.74) is 3.68. The molecule has 0 aliphatic heterocycles. The van der Waals surface area contributed by atoms with Crippen LogP contribution in [0.4, 0.5) is 0 Å². The third-order valence-corrected chi connectivity index (χ3v) is 5.69. The van der Waals surface area contributed by atoms with Gasteiger partial charge in [-0.25, -0.2) is 0 Å². The number of amides is 1. The number of methoxy groups -OCH3 is 1. The van der Waals surface area contributed by atoms with Gasteiger partial charge in [0.25, 0.3) is 0 Å². The Kier molecular flexibility index (Phi) is 10.3. The first kappa shape index (κ1) is 23.9.